The summed E-state index contributed by atoms with van der Waals surface area (Å²) >= 11 is 5.86. The predicted molar refractivity (Wildman–Crippen MR) is 118 cm³/mol. The Hall–Kier alpha value is -4.00. The molecular formula is C23H11ClN3O3S-. The summed E-state index contributed by atoms with van der Waals surface area (Å²) in [5, 5.41) is 19.1. The molecule has 8 heteroatoms. The predicted octanol–water partition coefficient (Wildman–Crippen LogP) is 4.77. The Morgan fingerprint density at radius 1 is 1.19 bits per heavy atom. The van der Waals surface area contributed by atoms with Crippen LogP contribution < -0.4 is 0 Å². The molecule has 0 bridgehead atoms. The van der Waals surface area contributed by atoms with Gasteiger partial charge in [0.05, 0.1) is 17.5 Å². The molecule has 0 N–H and O–H groups in total. The van der Waals surface area contributed by atoms with Crippen molar-refractivity contribution in [3.05, 3.63) is 116 Å². The summed E-state index contributed by atoms with van der Waals surface area (Å²) < 4.78 is 25.4. The number of halogens is 1. The van der Waals surface area contributed by atoms with E-state index in [4.69, 9.17) is 18.2 Å². The van der Waals surface area contributed by atoms with E-state index in [1.54, 1.807) is 36.4 Å². The Morgan fingerprint density at radius 3 is 2.52 bits per heavy atom. The Kier molecular flexibility index (Phi) is 6.15. The summed E-state index contributed by atoms with van der Waals surface area (Å²) in [6.45, 7) is 7.24. The lowest BCUT2D eigenvalue weighted by Crippen LogP contribution is -2.01. The molecule has 0 aromatic heterocycles. The van der Waals surface area contributed by atoms with Crippen molar-refractivity contribution < 1.29 is 13.2 Å². The number of hydrogen-bond acceptors (Lipinski definition) is 4. The lowest BCUT2D eigenvalue weighted by molar-refractivity contribution is 0.104. The summed E-state index contributed by atoms with van der Waals surface area (Å²) in [4.78, 5) is 15.1. The monoisotopic (exact) mass is 444 g/mol. The summed E-state index contributed by atoms with van der Waals surface area (Å²) in [7, 11) is -4.05. The zero-order valence-electron chi connectivity index (χ0n) is 15.7. The molecular weight excluding hydrogens is 434 g/mol. The highest BCUT2D eigenvalue weighted by Gasteiger charge is 2.38. The number of fused-ring (bicyclic) bond motifs is 1. The summed E-state index contributed by atoms with van der Waals surface area (Å²) in [6, 6.07) is 14.2. The minimum Gasteiger partial charge on any atom is -0.763 e. The van der Waals surface area contributed by atoms with E-state index >= 15 is 0 Å². The van der Waals surface area contributed by atoms with Gasteiger partial charge in [0.15, 0.2) is 0 Å². The van der Waals surface area contributed by atoms with Crippen molar-refractivity contribution in [1.29, 1.82) is 5.26 Å². The molecule has 0 unspecified atom stereocenters. The van der Waals surface area contributed by atoms with Gasteiger partial charge < -0.3 is 5.41 Å². The van der Waals surface area contributed by atoms with Gasteiger partial charge >= 0.3 is 0 Å². The lowest BCUT2D eigenvalue weighted by atomic mass is 9.96. The van der Waals surface area contributed by atoms with E-state index in [1.807, 2.05) is 5.87 Å². The van der Waals surface area contributed by atoms with Crippen LogP contribution in [0, 0.1) is 17.9 Å². The first-order chi connectivity index (χ1) is 14.8. The lowest BCUT2D eigenvalue weighted by Gasteiger charge is -2.09. The molecule has 1 aliphatic rings. The molecule has 0 fully saturated rings. The van der Waals surface area contributed by atoms with Gasteiger partial charge in [-0.1, -0.05) is 48.0 Å². The number of sulfone groups is 1. The number of allylic oxidation sites excluding steroid dienone is 7. The van der Waals surface area contributed by atoms with E-state index in [0.717, 1.165) is 6.08 Å². The normalized spacial score (nSPS) is 16.2. The Bertz CT molecular complexity index is 1420. The van der Waals surface area contributed by atoms with Crippen LogP contribution in [0.3, 0.4) is 0 Å². The van der Waals surface area contributed by atoms with E-state index in [2.05, 4.69) is 4.85 Å². The number of hydrogen-bond donors (Lipinski definition) is 0. The third kappa shape index (κ3) is 4.02. The highest BCUT2D eigenvalue weighted by atomic mass is 35.5. The quantitative estimate of drug-likeness (QED) is 0.223. The number of nitrogens with zero attached hydrogens (tertiary/aromatic N) is 3. The second-order valence-corrected chi connectivity index (χ2v) is 8.52. The van der Waals surface area contributed by atoms with Crippen molar-refractivity contribution in [3.8, 4) is 6.07 Å². The second kappa shape index (κ2) is 8.79. The molecule has 0 saturated carbocycles. The largest absolute Gasteiger partial charge is 0.763 e. The third-order valence-corrected chi connectivity index (χ3v) is 6.46. The molecule has 0 atom stereocenters. The molecule has 3 rings (SSSR count). The first kappa shape index (κ1) is 21.7. The van der Waals surface area contributed by atoms with Crippen molar-refractivity contribution in [2.45, 2.75) is 4.90 Å². The Balaban J connectivity index is 2.07. The van der Waals surface area contributed by atoms with Crippen molar-refractivity contribution in [3.63, 3.8) is 0 Å². The number of carbonyl (C=O) groups is 1. The van der Waals surface area contributed by atoms with Crippen molar-refractivity contribution in [2.75, 3.05) is 0 Å². The van der Waals surface area contributed by atoms with Crippen LogP contribution in [0.4, 0.5) is 0 Å². The Morgan fingerprint density at radius 2 is 1.90 bits per heavy atom. The van der Waals surface area contributed by atoms with Gasteiger partial charge in [-0.2, -0.15) is 0 Å². The zero-order valence-corrected chi connectivity index (χ0v) is 17.3. The van der Waals surface area contributed by atoms with Gasteiger partial charge in [-0.25, -0.2) is 18.5 Å². The van der Waals surface area contributed by atoms with Gasteiger partial charge in [-0.15, -0.1) is 0 Å². The minimum atomic E-state index is -4.05. The second-order valence-electron chi connectivity index (χ2n) is 6.20. The minimum absolute atomic E-state index is 0.0261. The van der Waals surface area contributed by atoms with E-state index in [1.165, 1.54) is 30.4 Å². The van der Waals surface area contributed by atoms with E-state index in [0.29, 0.717) is 5.56 Å². The standard InChI is InChI=1S/C23H11ClN3O3S/c1-27-19(14-26)22(15-6-3-2-4-7-15)16(13-25)8-5-9-20-23(28)18-11-10-17(24)12-21(18)31(20,29)30/h2-12H/q-1/b8-5+,20-9-,22-19-. The van der Waals surface area contributed by atoms with Crippen LogP contribution in [0.15, 0.2) is 87.8 Å². The molecule has 1 heterocycles. The maximum atomic E-state index is 12.7. The molecule has 0 aliphatic carbocycles. The van der Waals surface area contributed by atoms with Crippen LogP contribution in [-0.4, -0.2) is 20.1 Å². The van der Waals surface area contributed by atoms with Crippen LogP contribution in [0.1, 0.15) is 15.9 Å². The van der Waals surface area contributed by atoms with Crippen LogP contribution >= 0.6 is 11.6 Å². The first-order valence-electron chi connectivity index (χ1n) is 8.67. The average molecular weight is 445 g/mol. The SMILES string of the molecule is [C-]#[N+]/C(C#N)=C(\C(=C=[N-])/C=C/C=C1/C(=O)c2ccc(Cl)cc2S1(=O)=O)c1ccccc1. The zero-order chi connectivity index (χ0) is 22.6. The molecule has 2 aromatic carbocycles. The van der Waals surface area contributed by atoms with Gasteiger partial charge in [-0.3, -0.25) is 10.7 Å². The highest BCUT2D eigenvalue weighted by molar-refractivity contribution is 7.97. The van der Waals surface area contributed by atoms with Crippen LogP contribution in [-0.2, 0) is 9.84 Å². The third-order valence-electron chi connectivity index (χ3n) is 4.41. The topological polar surface area (TPSA) is 102 Å². The number of ketones is 1. The van der Waals surface area contributed by atoms with Gasteiger partial charge in [0.1, 0.15) is 4.91 Å². The number of nitriles is 1. The molecule has 0 radical (unpaired) electrons. The van der Waals surface area contributed by atoms with E-state index in [-0.39, 0.29) is 32.3 Å². The van der Waals surface area contributed by atoms with Gasteiger partial charge in [-0.05, 0) is 41.5 Å². The molecule has 31 heavy (non-hydrogen) atoms. The number of benzene rings is 2. The van der Waals surface area contributed by atoms with Crippen LogP contribution in [0.2, 0.25) is 5.02 Å². The van der Waals surface area contributed by atoms with E-state index < -0.39 is 20.5 Å². The number of Topliss-reactive ketones (excluding diaryl/α,β-unsaturated/α-hetero) is 1. The maximum absolute atomic E-state index is 12.7. The van der Waals surface area contributed by atoms with Crippen LogP contribution in [0.5, 0.6) is 0 Å². The highest BCUT2D eigenvalue weighted by Crippen LogP contribution is 2.36. The number of rotatable bonds is 4. The van der Waals surface area contributed by atoms with Crippen molar-refractivity contribution in [1.82, 2.24) is 0 Å². The summed E-state index contributed by atoms with van der Waals surface area (Å²) in [6.07, 6.45) is 3.59. The van der Waals surface area contributed by atoms with E-state index in [9.17, 15) is 23.9 Å². The Labute approximate surface area is 184 Å². The molecule has 1 aliphatic heterocycles. The first-order valence-corrected chi connectivity index (χ1v) is 10.5. The summed E-state index contributed by atoms with van der Waals surface area (Å²) in [5.41, 5.74) is 0.310. The number of carbonyl (C=O) groups excluding carboxylic acids is 1. The molecule has 2 aromatic rings. The summed E-state index contributed by atoms with van der Waals surface area (Å²) in [5.74, 6) is 1.25. The fraction of sp³-hybridized carbons (Fsp3) is 0. The molecule has 150 valence electrons. The fourth-order valence-electron chi connectivity index (χ4n) is 3.01. The average Bonchev–Trinajstić information content (AvgIpc) is 2.96. The van der Waals surface area contributed by atoms with Crippen LogP contribution in [0.25, 0.3) is 15.8 Å². The van der Waals surface area contributed by atoms with Gasteiger partial charge in [0.2, 0.25) is 15.6 Å². The maximum Gasteiger partial charge on any atom is 0.270 e. The van der Waals surface area contributed by atoms with Crippen molar-refractivity contribution >= 4 is 38.7 Å². The molecule has 6 nitrogen and oxygen atoms in total. The molecule has 0 spiro atoms. The van der Waals surface area contributed by atoms with Gasteiger partial charge in [0.25, 0.3) is 5.70 Å². The smallest absolute Gasteiger partial charge is 0.270 e. The van der Waals surface area contributed by atoms with Gasteiger partial charge in [0, 0.05) is 16.2 Å². The fourth-order valence-corrected chi connectivity index (χ4v) is 4.83. The molecule has 0 saturated heterocycles. The molecule has 0 amide bonds. The van der Waals surface area contributed by atoms with Crippen molar-refractivity contribution in [2.24, 2.45) is 0 Å².